The van der Waals surface area contributed by atoms with E-state index in [1.165, 1.54) is 11.1 Å². The third-order valence-electron chi connectivity index (χ3n) is 6.79. The summed E-state index contributed by atoms with van der Waals surface area (Å²) in [6.07, 6.45) is 1.11. The number of benzene rings is 2. The number of rotatable bonds is 3. The van der Waals surface area contributed by atoms with E-state index in [0.717, 1.165) is 39.1 Å². The molecule has 0 radical (unpaired) electrons. The van der Waals surface area contributed by atoms with Gasteiger partial charge in [0.2, 0.25) is 0 Å². The number of nitrogens with zero attached hydrogens (tertiary/aromatic N) is 2. The van der Waals surface area contributed by atoms with E-state index in [1.54, 1.807) is 18.2 Å². The monoisotopic (exact) mass is 366 g/mol. The Balaban J connectivity index is 1.49. The molecule has 1 unspecified atom stereocenters. The average Bonchev–Trinajstić information content (AvgIpc) is 2.65. The van der Waals surface area contributed by atoms with E-state index in [9.17, 15) is 10.2 Å². The molecule has 3 atom stereocenters. The Kier molecular flexibility index (Phi) is 4.87. The zero-order valence-electron chi connectivity index (χ0n) is 16.3. The van der Waals surface area contributed by atoms with Crippen LogP contribution in [0.2, 0.25) is 0 Å². The van der Waals surface area contributed by atoms with Crippen molar-refractivity contribution in [3.05, 3.63) is 59.7 Å². The van der Waals surface area contributed by atoms with Crippen molar-refractivity contribution in [1.29, 1.82) is 0 Å². The molecule has 27 heavy (non-hydrogen) atoms. The first-order valence-corrected chi connectivity index (χ1v) is 9.98. The topological polar surface area (TPSA) is 46.9 Å². The lowest BCUT2D eigenvalue weighted by molar-refractivity contribution is -0.00558. The molecule has 2 fully saturated rings. The zero-order valence-corrected chi connectivity index (χ0v) is 16.3. The van der Waals surface area contributed by atoms with Crippen LogP contribution < -0.4 is 0 Å². The van der Waals surface area contributed by atoms with E-state index in [2.05, 4.69) is 29.7 Å². The Hall–Kier alpha value is -2.04. The fourth-order valence-corrected chi connectivity index (χ4v) is 4.90. The number of hydrogen-bond acceptors (Lipinski definition) is 4. The van der Waals surface area contributed by atoms with Crippen molar-refractivity contribution >= 4 is 0 Å². The van der Waals surface area contributed by atoms with Crippen molar-refractivity contribution in [1.82, 2.24) is 9.80 Å². The lowest BCUT2D eigenvalue weighted by atomic mass is 9.65. The Labute approximate surface area is 162 Å². The largest absolute Gasteiger partial charge is 0.508 e. The van der Waals surface area contributed by atoms with E-state index < -0.39 is 0 Å². The molecule has 2 aliphatic heterocycles. The Bertz CT molecular complexity index is 791. The number of phenols is 2. The molecular weight excluding hydrogens is 336 g/mol. The standard InChI is InChI=1S/C23H30N2O2/c1-17-14-25-11-10-24(15-18-6-8-21(26)9-7-18)16-20(25)13-23(17,2)19-4-3-5-22(27)12-19/h3-9,12,17,20,26-27H,10-11,13-16H2,1-2H3/t17-,20+,23?/m0/s1. The minimum absolute atomic E-state index is 0.0848. The molecule has 4 heteroatoms. The first kappa shape index (κ1) is 18.3. The second-order valence-electron chi connectivity index (χ2n) is 8.62. The van der Waals surface area contributed by atoms with Crippen LogP contribution in [0.15, 0.2) is 48.5 Å². The van der Waals surface area contributed by atoms with Gasteiger partial charge in [0.15, 0.2) is 0 Å². The summed E-state index contributed by atoms with van der Waals surface area (Å²) < 4.78 is 0. The van der Waals surface area contributed by atoms with Crippen LogP contribution in [-0.4, -0.2) is 52.2 Å². The van der Waals surface area contributed by atoms with E-state index in [4.69, 9.17) is 0 Å². The zero-order chi connectivity index (χ0) is 19.0. The van der Waals surface area contributed by atoms with Crippen LogP contribution in [0.5, 0.6) is 11.5 Å². The van der Waals surface area contributed by atoms with Gasteiger partial charge in [0.1, 0.15) is 11.5 Å². The van der Waals surface area contributed by atoms with Crippen LogP contribution in [0.3, 0.4) is 0 Å². The molecule has 0 bridgehead atoms. The molecule has 0 aliphatic carbocycles. The number of phenolic OH excluding ortho intramolecular Hbond substituents is 2. The molecule has 2 N–H and O–H groups in total. The Morgan fingerprint density at radius 1 is 1.00 bits per heavy atom. The van der Waals surface area contributed by atoms with Crippen molar-refractivity contribution in [2.45, 2.75) is 38.3 Å². The van der Waals surface area contributed by atoms with Crippen LogP contribution in [-0.2, 0) is 12.0 Å². The molecule has 0 aromatic heterocycles. The van der Waals surface area contributed by atoms with Gasteiger partial charge in [0.05, 0.1) is 0 Å². The van der Waals surface area contributed by atoms with Gasteiger partial charge in [-0.05, 0) is 53.1 Å². The van der Waals surface area contributed by atoms with E-state index >= 15 is 0 Å². The van der Waals surface area contributed by atoms with Crippen molar-refractivity contribution in [2.24, 2.45) is 5.92 Å². The molecule has 2 saturated heterocycles. The maximum Gasteiger partial charge on any atom is 0.115 e. The molecular formula is C23H30N2O2. The van der Waals surface area contributed by atoms with Gasteiger partial charge in [-0.25, -0.2) is 0 Å². The van der Waals surface area contributed by atoms with E-state index in [0.29, 0.717) is 23.5 Å². The Morgan fingerprint density at radius 2 is 1.78 bits per heavy atom. The fraction of sp³-hybridized carbons (Fsp3) is 0.478. The van der Waals surface area contributed by atoms with Gasteiger partial charge in [0, 0.05) is 38.8 Å². The SMILES string of the molecule is C[C@H]1CN2CCN(Cc3ccc(O)cc3)C[C@H]2CC1(C)c1cccc(O)c1. The molecule has 144 valence electrons. The fourth-order valence-electron chi connectivity index (χ4n) is 4.90. The third-order valence-corrected chi connectivity index (χ3v) is 6.79. The van der Waals surface area contributed by atoms with Gasteiger partial charge >= 0.3 is 0 Å². The summed E-state index contributed by atoms with van der Waals surface area (Å²) in [5, 5.41) is 19.5. The van der Waals surface area contributed by atoms with Crippen LogP contribution in [0.4, 0.5) is 0 Å². The predicted molar refractivity (Wildman–Crippen MR) is 108 cm³/mol. The highest BCUT2D eigenvalue weighted by molar-refractivity contribution is 5.34. The summed E-state index contributed by atoms with van der Waals surface area (Å²) in [6.45, 7) is 10.0. The first-order chi connectivity index (χ1) is 12.9. The van der Waals surface area contributed by atoms with Gasteiger partial charge in [-0.1, -0.05) is 38.1 Å². The highest BCUT2D eigenvalue weighted by Crippen LogP contribution is 2.43. The van der Waals surface area contributed by atoms with Crippen molar-refractivity contribution in [3.8, 4) is 11.5 Å². The summed E-state index contributed by atoms with van der Waals surface area (Å²) in [5.41, 5.74) is 2.59. The molecule has 0 amide bonds. The van der Waals surface area contributed by atoms with Crippen LogP contribution in [0.25, 0.3) is 0 Å². The minimum atomic E-state index is 0.0848. The molecule has 2 aromatic rings. The van der Waals surface area contributed by atoms with Gasteiger partial charge in [-0.3, -0.25) is 9.80 Å². The molecule has 2 heterocycles. The maximum absolute atomic E-state index is 9.97. The highest BCUT2D eigenvalue weighted by atomic mass is 16.3. The lowest BCUT2D eigenvalue weighted by Crippen LogP contribution is -2.60. The number of piperazine rings is 1. The second kappa shape index (κ2) is 7.17. The van der Waals surface area contributed by atoms with Crippen molar-refractivity contribution < 1.29 is 10.2 Å². The van der Waals surface area contributed by atoms with Crippen LogP contribution in [0.1, 0.15) is 31.4 Å². The van der Waals surface area contributed by atoms with Gasteiger partial charge in [-0.15, -0.1) is 0 Å². The first-order valence-electron chi connectivity index (χ1n) is 9.98. The van der Waals surface area contributed by atoms with E-state index in [1.807, 2.05) is 24.3 Å². The summed E-state index contributed by atoms with van der Waals surface area (Å²) in [4.78, 5) is 5.19. The molecule has 4 nitrogen and oxygen atoms in total. The van der Waals surface area contributed by atoms with Gasteiger partial charge in [-0.2, -0.15) is 0 Å². The number of hydrogen-bond donors (Lipinski definition) is 2. The van der Waals surface area contributed by atoms with E-state index in [-0.39, 0.29) is 5.41 Å². The maximum atomic E-state index is 9.97. The molecule has 0 spiro atoms. The second-order valence-corrected chi connectivity index (χ2v) is 8.62. The highest BCUT2D eigenvalue weighted by Gasteiger charge is 2.44. The molecule has 2 aromatic carbocycles. The number of fused-ring (bicyclic) bond motifs is 1. The van der Waals surface area contributed by atoms with Crippen LogP contribution >= 0.6 is 0 Å². The smallest absolute Gasteiger partial charge is 0.115 e. The van der Waals surface area contributed by atoms with Gasteiger partial charge in [0.25, 0.3) is 0 Å². The van der Waals surface area contributed by atoms with Crippen molar-refractivity contribution in [2.75, 3.05) is 26.2 Å². The Morgan fingerprint density at radius 3 is 2.52 bits per heavy atom. The number of piperidine rings is 1. The molecule has 2 aliphatic rings. The molecule has 4 rings (SSSR count). The average molecular weight is 367 g/mol. The summed E-state index contributed by atoms with van der Waals surface area (Å²) in [7, 11) is 0. The van der Waals surface area contributed by atoms with Crippen molar-refractivity contribution in [3.63, 3.8) is 0 Å². The quantitative estimate of drug-likeness (QED) is 0.872. The molecule has 0 saturated carbocycles. The minimum Gasteiger partial charge on any atom is -0.508 e. The summed E-state index contributed by atoms with van der Waals surface area (Å²) in [5.74, 6) is 1.24. The number of aromatic hydroxyl groups is 2. The summed E-state index contributed by atoms with van der Waals surface area (Å²) in [6, 6.07) is 16.0. The predicted octanol–water partition coefficient (Wildman–Crippen LogP) is 3.58. The summed E-state index contributed by atoms with van der Waals surface area (Å²) >= 11 is 0. The normalized spacial score (nSPS) is 29.4. The van der Waals surface area contributed by atoms with Gasteiger partial charge < -0.3 is 10.2 Å². The third kappa shape index (κ3) is 3.69. The lowest BCUT2D eigenvalue weighted by Gasteiger charge is -2.53. The van der Waals surface area contributed by atoms with Crippen LogP contribution in [0, 0.1) is 5.92 Å².